The molecule has 3 heterocycles. The Balaban J connectivity index is 0.00000272. The molecule has 4 rings (SSSR count). The number of piperazine rings is 1. The second-order valence-electron chi connectivity index (χ2n) is 8.18. The summed E-state index contributed by atoms with van der Waals surface area (Å²) in [5.41, 5.74) is 8.92. The highest BCUT2D eigenvalue weighted by atomic mass is 127. The van der Waals surface area contributed by atoms with Gasteiger partial charge in [-0.15, -0.1) is 35.3 Å². The molecule has 2 aliphatic heterocycles. The van der Waals surface area contributed by atoms with Crippen LogP contribution in [0.3, 0.4) is 0 Å². The van der Waals surface area contributed by atoms with E-state index in [2.05, 4.69) is 57.8 Å². The number of nitrogens with zero attached hydrogens (tertiary/aromatic N) is 5. The van der Waals surface area contributed by atoms with Gasteiger partial charge in [0, 0.05) is 57.4 Å². The molecular formula is C22H33IN6OS. The van der Waals surface area contributed by atoms with Gasteiger partial charge in [-0.25, -0.2) is 9.98 Å². The number of hydrogen-bond donors (Lipinski definition) is 1. The van der Waals surface area contributed by atoms with Crippen molar-refractivity contribution in [2.45, 2.75) is 39.1 Å². The van der Waals surface area contributed by atoms with Gasteiger partial charge in [0.05, 0.1) is 18.8 Å². The minimum Gasteiger partial charge on any atom is -0.373 e. The van der Waals surface area contributed by atoms with Crippen LogP contribution in [-0.4, -0.2) is 72.2 Å². The van der Waals surface area contributed by atoms with E-state index in [0.29, 0.717) is 12.5 Å². The maximum atomic E-state index is 6.35. The van der Waals surface area contributed by atoms with Crippen molar-refractivity contribution in [2.24, 2.45) is 10.7 Å². The van der Waals surface area contributed by atoms with Gasteiger partial charge in [-0.1, -0.05) is 24.3 Å². The molecule has 31 heavy (non-hydrogen) atoms. The van der Waals surface area contributed by atoms with Crippen LogP contribution in [0.4, 0.5) is 5.13 Å². The summed E-state index contributed by atoms with van der Waals surface area (Å²) < 4.78 is 5.87. The zero-order chi connectivity index (χ0) is 20.9. The standard InChI is InChI=1S/C22H32N6OS.HI/c1-17-14-26(15-18(2)29-17)16-20-6-4-3-5-19(20)13-25-21(23)27-8-10-28(11-9-27)22-24-7-12-30-22;/h3-7,12,17-18H,8-11,13-16H2,1-2H3,(H2,23,25);1H. The Labute approximate surface area is 206 Å². The Bertz CT molecular complexity index is 830. The largest absolute Gasteiger partial charge is 0.373 e. The number of morpholine rings is 1. The Kier molecular flexibility index (Phi) is 8.94. The molecule has 2 atom stereocenters. The molecule has 7 nitrogen and oxygen atoms in total. The summed E-state index contributed by atoms with van der Waals surface area (Å²) in [6.07, 6.45) is 2.41. The summed E-state index contributed by atoms with van der Waals surface area (Å²) in [6, 6.07) is 8.57. The lowest BCUT2D eigenvalue weighted by Crippen LogP contribution is -2.51. The van der Waals surface area contributed by atoms with Crippen LogP contribution in [0, 0.1) is 0 Å². The Hall–Kier alpha value is -1.43. The van der Waals surface area contributed by atoms with Crippen LogP contribution < -0.4 is 10.6 Å². The van der Waals surface area contributed by atoms with E-state index in [0.717, 1.165) is 50.9 Å². The molecule has 2 aromatic rings. The van der Waals surface area contributed by atoms with E-state index in [1.807, 2.05) is 11.6 Å². The summed E-state index contributed by atoms with van der Waals surface area (Å²) >= 11 is 1.69. The number of rotatable bonds is 5. The quantitative estimate of drug-likeness (QED) is 0.347. The average molecular weight is 557 g/mol. The van der Waals surface area contributed by atoms with Crippen molar-refractivity contribution in [3.63, 3.8) is 0 Å². The van der Waals surface area contributed by atoms with Gasteiger partial charge in [-0.3, -0.25) is 4.90 Å². The smallest absolute Gasteiger partial charge is 0.191 e. The Morgan fingerprint density at radius 3 is 2.45 bits per heavy atom. The van der Waals surface area contributed by atoms with Gasteiger partial charge in [0.2, 0.25) is 0 Å². The summed E-state index contributed by atoms with van der Waals surface area (Å²) in [4.78, 5) is 16.1. The van der Waals surface area contributed by atoms with Crippen LogP contribution in [0.15, 0.2) is 40.8 Å². The van der Waals surface area contributed by atoms with E-state index in [4.69, 9.17) is 15.5 Å². The minimum atomic E-state index is 0. The topological polar surface area (TPSA) is 70.2 Å². The van der Waals surface area contributed by atoms with Crippen LogP contribution in [0.25, 0.3) is 0 Å². The molecule has 0 spiro atoms. The number of aromatic nitrogens is 1. The lowest BCUT2D eigenvalue weighted by Gasteiger charge is -2.35. The van der Waals surface area contributed by atoms with Crippen molar-refractivity contribution in [1.29, 1.82) is 0 Å². The van der Waals surface area contributed by atoms with Gasteiger partial charge in [-0.05, 0) is 25.0 Å². The fourth-order valence-corrected chi connectivity index (χ4v) is 4.98. The molecule has 170 valence electrons. The monoisotopic (exact) mass is 556 g/mol. The SMILES string of the molecule is CC1CN(Cc2ccccc2CN=C(N)N2CCN(c3nccs3)CC2)CC(C)O1.I. The normalized spacial score (nSPS) is 23.0. The molecule has 1 aromatic carbocycles. The highest BCUT2D eigenvalue weighted by molar-refractivity contribution is 14.0. The number of halogens is 1. The first-order valence-electron chi connectivity index (χ1n) is 10.7. The second kappa shape index (κ2) is 11.4. The maximum absolute atomic E-state index is 6.35. The molecule has 2 unspecified atom stereocenters. The third-order valence-corrected chi connectivity index (χ3v) is 6.54. The average Bonchev–Trinajstić information content (AvgIpc) is 3.27. The summed E-state index contributed by atoms with van der Waals surface area (Å²) in [5.74, 6) is 0.636. The highest BCUT2D eigenvalue weighted by Crippen LogP contribution is 2.20. The van der Waals surface area contributed by atoms with Crippen LogP contribution in [0.1, 0.15) is 25.0 Å². The first-order valence-corrected chi connectivity index (χ1v) is 11.6. The molecular weight excluding hydrogens is 523 g/mol. The van der Waals surface area contributed by atoms with Crippen molar-refractivity contribution in [2.75, 3.05) is 44.2 Å². The maximum Gasteiger partial charge on any atom is 0.191 e. The molecule has 0 bridgehead atoms. The van der Waals surface area contributed by atoms with E-state index in [9.17, 15) is 0 Å². The van der Waals surface area contributed by atoms with Crippen LogP contribution in [-0.2, 0) is 17.8 Å². The molecule has 2 fully saturated rings. The molecule has 9 heteroatoms. The van der Waals surface area contributed by atoms with Crippen molar-refractivity contribution in [3.05, 3.63) is 47.0 Å². The number of benzene rings is 1. The molecule has 2 aliphatic rings. The summed E-state index contributed by atoms with van der Waals surface area (Å²) in [7, 11) is 0. The highest BCUT2D eigenvalue weighted by Gasteiger charge is 2.23. The fourth-order valence-electron chi connectivity index (χ4n) is 4.29. The predicted molar refractivity (Wildman–Crippen MR) is 138 cm³/mol. The third kappa shape index (κ3) is 6.53. The van der Waals surface area contributed by atoms with Gasteiger partial charge >= 0.3 is 0 Å². The van der Waals surface area contributed by atoms with Gasteiger partial charge < -0.3 is 20.3 Å². The molecule has 0 amide bonds. The number of thiazole rings is 1. The Morgan fingerprint density at radius 1 is 1.13 bits per heavy atom. The zero-order valence-corrected chi connectivity index (χ0v) is 21.5. The van der Waals surface area contributed by atoms with Gasteiger partial charge in [0.1, 0.15) is 0 Å². The van der Waals surface area contributed by atoms with E-state index in [1.165, 1.54) is 11.1 Å². The van der Waals surface area contributed by atoms with E-state index in [1.54, 1.807) is 11.3 Å². The first-order chi connectivity index (χ1) is 14.6. The van der Waals surface area contributed by atoms with E-state index in [-0.39, 0.29) is 36.2 Å². The van der Waals surface area contributed by atoms with Crippen molar-refractivity contribution >= 4 is 46.4 Å². The molecule has 0 radical (unpaired) electrons. The second-order valence-corrected chi connectivity index (χ2v) is 9.06. The zero-order valence-electron chi connectivity index (χ0n) is 18.3. The number of ether oxygens (including phenoxy) is 1. The summed E-state index contributed by atoms with van der Waals surface area (Å²) in [5, 5.41) is 3.11. The van der Waals surface area contributed by atoms with E-state index < -0.39 is 0 Å². The van der Waals surface area contributed by atoms with Gasteiger partial charge in [0.25, 0.3) is 0 Å². The molecule has 1 aromatic heterocycles. The fraction of sp³-hybridized carbons (Fsp3) is 0.545. The molecule has 2 N–H and O–H groups in total. The molecule has 2 saturated heterocycles. The van der Waals surface area contributed by atoms with Gasteiger partial charge in [0.15, 0.2) is 11.1 Å². The minimum absolute atomic E-state index is 0. The third-order valence-electron chi connectivity index (χ3n) is 5.71. The van der Waals surface area contributed by atoms with Crippen LogP contribution in [0.5, 0.6) is 0 Å². The number of nitrogens with two attached hydrogens (primary N) is 1. The number of hydrogen-bond acceptors (Lipinski definition) is 6. The van der Waals surface area contributed by atoms with E-state index >= 15 is 0 Å². The van der Waals surface area contributed by atoms with Crippen LogP contribution >= 0.6 is 35.3 Å². The summed E-state index contributed by atoms with van der Waals surface area (Å²) in [6.45, 7) is 11.4. The lowest BCUT2D eigenvalue weighted by atomic mass is 10.1. The van der Waals surface area contributed by atoms with Crippen molar-refractivity contribution in [3.8, 4) is 0 Å². The number of guanidine groups is 1. The lowest BCUT2D eigenvalue weighted by molar-refractivity contribution is -0.0705. The molecule has 0 aliphatic carbocycles. The predicted octanol–water partition coefficient (Wildman–Crippen LogP) is 3.01. The van der Waals surface area contributed by atoms with Crippen LogP contribution in [0.2, 0.25) is 0 Å². The van der Waals surface area contributed by atoms with Gasteiger partial charge in [-0.2, -0.15) is 0 Å². The first kappa shape index (κ1) is 24.2. The van der Waals surface area contributed by atoms with Crippen molar-refractivity contribution < 1.29 is 4.74 Å². The number of anilines is 1. The van der Waals surface area contributed by atoms with Crippen molar-refractivity contribution in [1.82, 2.24) is 14.8 Å². The number of aliphatic imine (C=N–C) groups is 1. The Morgan fingerprint density at radius 2 is 1.81 bits per heavy atom. The molecule has 0 saturated carbocycles.